The van der Waals surface area contributed by atoms with Crippen molar-refractivity contribution in [1.29, 1.82) is 0 Å². The third-order valence-corrected chi connectivity index (χ3v) is 6.20. The molecule has 24 heavy (non-hydrogen) atoms. The van der Waals surface area contributed by atoms with E-state index < -0.39 is 0 Å². The Bertz CT molecular complexity index is 750. The first kappa shape index (κ1) is 17.2. The minimum absolute atomic E-state index is 0.116. The highest BCUT2D eigenvalue weighted by molar-refractivity contribution is 7.36. The molecule has 2 aromatic carbocycles. The van der Waals surface area contributed by atoms with Gasteiger partial charge in [-0.15, -0.1) is 8.58 Å². The summed E-state index contributed by atoms with van der Waals surface area (Å²) < 4.78 is 5.23. The lowest BCUT2D eigenvalue weighted by atomic mass is 9.85. The predicted octanol–water partition coefficient (Wildman–Crippen LogP) is 4.69. The van der Waals surface area contributed by atoms with Gasteiger partial charge in [-0.3, -0.25) is 4.79 Å². The molecule has 0 aromatic heterocycles. The second-order valence-electron chi connectivity index (χ2n) is 6.41. The fourth-order valence-electron chi connectivity index (χ4n) is 3.70. The molecule has 2 nitrogen and oxygen atoms in total. The molecule has 0 saturated heterocycles. The van der Waals surface area contributed by atoms with Crippen LogP contribution in [0.4, 0.5) is 0 Å². The zero-order valence-corrected chi connectivity index (χ0v) is 15.7. The van der Waals surface area contributed by atoms with Gasteiger partial charge in [0.15, 0.2) is 0 Å². The van der Waals surface area contributed by atoms with E-state index in [0.29, 0.717) is 13.0 Å². The summed E-state index contributed by atoms with van der Waals surface area (Å²) in [5.41, 5.74) is 9.55. The second kappa shape index (κ2) is 7.49. The van der Waals surface area contributed by atoms with E-state index in [-0.39, 0.29) is 5.97 Å². The van der Waals surface area contributed by atoms with Gasteiger partial charge in [0.2, 0.25) is 0 Å². The van der Waals surface area contributed by atoms with E-state index in [0.717, 1.165) is 15.0 Å². The number of fused-ring (bicyclic) bond motifs is 1. The number of esters is 1. The summed E-state index contributed by atoms with van der Waals surface area (Å²) >= 11 is 0. The van der Waals surface area contributed by atoms with Crippen LogP contribution in [0, 0.1) is 13.8 Å². The standard InChI is InChI=1S/C21H25O2P/c1-4-23-21(22)11-18-15(3)20-13-24-12-19(20)14(2)17(18)10-16-8-6-5-7-9-16/h5-9,24H,4,10-13H2,1-3H3. The van der Waals surface area contributed by atoms with Gasteiger partial charge in [-0.25, -0.2) is 0 Å². The number of benzene rings is 2. The normalized spacial score (nSPS) is 14.0. The van der Waals surface area contributed by atoms with Crippen molar-refractivity contribution in [2.45, 2.75) is 45.9 Å². The first-order valence-corrected chi connectivity index (χ1v) is 10.1. The monoisotopic (exact) mass is 340 g/mol. The van der Waals surface area contributed by atoms with Gasteiger partial charge in [-0.2, -0.15) is 0 Å². The van der Waals surface area contributed by atoms with Crippen molar-refractivity contribution in [3.63, 3.8) is 0 Å². The van der Waals surface area contributed by atoms with E-state index in [4.69, 9.17) is 4.74 Å². The molecule has 0 N–H and O–H groups in total. The van der Waals surface area contributed by atoms with Gasteiger partial charge in [-0.05, 0) is 78.5 Å². The van der Waals surface area contributed by atoms with Crippen molar-refractivity contribution in [3.8, 4) is 0 Å². The van der Waals surface area contributed by atoms with Crippen molar-refractivity contribution in [3.05, 3.63) is 69.3 Å². The second-order valence-corrected chi connectivity index (χ2v) is 7.62. The zero-order valence-electron chi connectivity index (χ0n) is 14.7. The Kier molecular flexibility index (Phi) is 5.36. The fraction of sp³-hybridized carbons (Fsp3) is 0.381. The minimum atomic E-state index is -0.116. The third kappa shape index (κ3) is 3.39. The van der Waals surface area contributed by atoms with Crippen LogP contribution in [0.3, 0.4) is 0 Å². The molecule has 0 saturated carbocycles. The Labute approximate surface area is 146 Å². The van der Waals surface area contributed by atoms with Gasteiger partial charge in [0, 0.05) is 0 Å². The molecule has 1 aliphatic heterocycles. The van der Waals surface area contributed by atoms with Gasteiger partial charge in [0.1, 0.15) is 0 Å². The van der Waals surface area contributed by atoms with Gasteiger partial charge >= 0.3 is 5.97 Å². The van der Waals surface area contributed by atoms with Crippen LogP contribution in [-0.4, -0.2) is 12.6 Å². The van der Waals surface area contributed by atoms with Crippen molar-refractivity contribution in [2.24, 2.45) is 0 Å². The lowest BCUT2D eigenvalue weighted by molar-refractivity contribution is -0.142. The van der Waals surface area contributed by atoms with E-state index in [1.54, 1.807) is 0 Å². The summed E-state index contributed by atoms with van der Waals surface area (Å²) in [5, 5.41) is 0. The van der Waals surface area contributed by atoms with E-state index in [1.165, 1.54) is 51.3 Å². The average Bonchev–Trinajstić information content (AvgIpc) is 3.07. The van der Waals surface area contributed by atoms with E-state index in [1.807, 2.05) is 13.0 Å². The summed E-state index contributed by atoms with van der Waals surface area (Å²) in [6.45, 7) is 6.74. The van der Waals surface area contributed by atoms with Crippen LogP contribution in [-0.2, 0) is 34.7 Å². The minimum Gasteiger partial charge on any atom is -0.466 e. The van der Waals surface area contributed by atoms with Gasteiger partial charge in [-0.1, -0.05) is 30.3 Å². The lowest BCUT2D eigenvalue weighted by Crippen LogP contribution is -2.14. The Morgan fingerprint density at radius 3 is 2.29 bits per heavy atom. The largest absolute Gasteiger partial charge is 0.466 e. The summed E-state index contributed by atoms with van der Waals surface area (Å²) in [6.07, 6.45) is 3.64. The molecular formula is C21H25O2P. The molecule has 0 bridgehead atoms. The molecule has 0 spiro atoms. The highest BCUT2D eigenvalue weighted by atomic mass is 31.1. The number of carbonyl (C=O) groups excluding carboxylic acids is 1. The van der Waals surface area contributed by atoms with E-state index in [2.05, 4.69) is 38.1 Å². The van der Waals surface area contributed by atoms with Crippen LogP contribution in [0.1, 0.15) is 45.9 Å². The molecule has 1 unspecified atom stereocenters. The van der Waals surface area contributed by atoms with Crippen LogP contribution < -0.4 is 0 Å². The summed E-state index contributed by atoms with van der Waals surface area (Å²) in [7, 11) is 0.980. The number of rotatable bonds is 5. The third-order valence-electron chi connectivity index (χ3n) is 4.99. The SMILES string of the molecule is CCOC(=O)Cc1c(C)c2c(c(C)c1Cc1ccccc1)CPC2. The van der Waals surface area contributed by atoms with Crippen LogP contribution in [0.15, 0.2) is 30.3 Å². The zero-order chi connectivity index (χ0) is 17.1. The fourth-order valence-corrected chi connectivity index (χ4v) is 5.28. The number of hydrogen-bond donors (Lipinski definition) is 0. The van der Waals surface area contributed by atoms with Crippen LogP contribution >= 0.6 is 8.58 Å². The number of carbonyl (C=O) groups is 1. The van der Waals surface area contributed by atoms with Crippen molar-refractivity contribution >= 4 is 14.6 Å². The van der Waals surface area contributed by atoms with Crippen LogP contribution in [0.25, 0.3) is 0 Å². The van der Waals surface area contributed by atoms with Crippen molar-refractivity contribution < 1.29 is 9.53 Å². The molecule has 2 aromatic rings. The smallest absolute Gasteiger partial charge is 0.310 e. The Balaban J connectivity index is 2.07. The number of ether oxygens (including phenoxy) is 1. The Morgan fingerprint density at radius 2 is 1.67 bits per heavy atom. The molecule has 0 radical (unpaired) electrons. The average molecular weight is 340 g/mol. The lowest BCUT2D eigenvalue weighted by Gasteiger charge is -2.20. The molecule has 3 rings (SSSR count). The molecule has 126 valence electrons. The summed E-state index contributed by atoms with van der Waals surface area (Å²) in [5.74, 6) is -0.116. The first-order valence-electron chi connectivity index (χ1n) is 8.64. The highest BCUT2D eigenvalue weighted by Gasteiger charge is 2.24. The predicted molar refractivity (Wildman–Crippen MR) is 101 cm³/mol. The molecule has 0 amide bonds. The molecule has 0 fully saturated rings. The van der Waals surface area contributed by atoms with Crippen LogP contribution in [0.5, 0.6) is 0 Å². The van der Waals surface area contributed by atoms with Crippen molar-refractivity contribution in [2.75, 3.05) is 6.61 Å². The molecule has 1 heterocycles. The Morgan fingerprint density at radius 1 is 1.04 bits per heavy atom. The van der Waals surface area contributed by atoms with Gasteiger partial charge in [0.25, 0.3) is 0 Å². The van der Waals surface area contributed by atoms with Gasteiger partial charge < -0.3 is 4.74 Å². The van der Waals surface area contributed by atoms with Crippen LogP contribution in [0.2, 0.25) is 0 Å². The maximum atomic E-state index is 12.2. The Hall–Kier alpha value is -1.66. The van der Waals surface area contributed by atoms with E-state index in [9.17, 15) is 4.79 Å². The molecule has 1 aliphatic rings. The molecule has 3 heteroatoms. The van der Waals surface area contributed by atoms with Gasteiger partial charge in [0.05, 0.1) is 13.0 Å². The topological polar surface area (TPSA) is 26.3 Å². The first-order chi connectivity index (χ1) is 11.6. The maximum absolute atomic E-state index is 12.2. The van der Waals surface area contributed by atoms with E-state index >= 15 is 0 Å². The molecule has 1 atom stereocenters. The molecular weight excluding hydrogens is 315 g/mol. The number of hydrogen-bond acceptors (Lipinski definition) is 2. The maximum Gasteiger partial charge on any atom is 0.310 e. The summed E-state index contributed by atoms with van der Waals surface area (Å²) in [6, 6.07) is 10.5. The highest BCUT2D eigenvalue weighted by Crippen LogP contribution is 2.42. The molecule has 0 aliphatic carbocycles. The summed E-state index contributed by atoms with van der Waals surface area (Å²) in [4.78, 5) is 12.2. The van der Waals surface area contributed by atoms with Crippen molar-refractivity contribution in [1.82, 2.24) is 0 Å². The quantitative estimate of drug-likeness (QED) is 0.583.